The number of nitrogens with two attached hydrogens (primary N) is 1. The molecule has 0 spiro atoms. The lowest BCUT2D eigenvalue weighted by Gasteiger charge is -2.05. The van der Waals surface area contributed by atoms with Crippen molar-refractivity contribution < 1.29 is 4.79 Å². The SMILES string of the molecule is Nc1ccc(C(=O)CBr)c(Cl)c1Br. The first-order valence-corrected chi connectivity index (χ1v) is 5.69. The second-order valence-electron chi connectivity index (χ2n) is 2.39. The monoisotopic (exact) mass is 325 g/mol. The molecule has 0 radical (unpaired) electrons. The van der Waals surface area contributed by atoms with Gasteiger partial charge in [-0.1, -0.05) is 27.5 Å². The zero-order valence-corrected chi connectivity index (χ0v) is 10.4. The number of benzene rings is 1. The van der Waals surface area contributed by atoms with E-state index in [0.717, 1.165) is 0 Å². The number of Topliss-reactive ketones (excluding diaryl/α,β-unsaturated/α-hetero) is 1. The standard InChI is InChI=1S/C8H6Br2ClNO/c9-3-6(13)4-1-2-5(12)7(10)8(4)11/h1-2H,3,12H2. The summed E-state index contributed by atoms with van der Waals surface area (Å²) in [4.78, 5) is 11.3. The van der Waals surface area contributed by atoms with Gasteiger partial charge in [0.05, 0.1) is 14.8 Å². The van der Waals surface area contributed by atoms with E-state index in [1.54, 1.807) is 12.1 Å². The lowest BCUT2D eigenvalue weighted by atomic mass is 10.1. The summed E-state index contributed by atoms with van der Waals surface area (Å²) in [5, 5.41) is 0.618. The summed E-state index contributed by atoms with van der Waals surface area (Å²) >= 11 is 12.2. The van der Waals surface area contributed by atoms with Gasteiger partial charge in [0, 0.05) is 11.3 Å². The number of ketones is 1. The molecule has 0 aliphatic rings. The minimum absolute atomic E-state index is 0.0642. The molecule has 1 aromatic rings. The Kier molecular flexibility index (Phi) is 3.76. The van der Waals surface area contributed by atoms with E-state index in [4.69, 9.17) is 17.3 Å². The molecule has 0 bridgehead atoms. The molecule has 0 aliphatic heterocycles. The van der Waals surface area contributed by atoms with Crippen LogP contribution in [0, 0.1) is 0 Å². The molecule has 0 saturated carbocycles. The summed E-state index contributed by atoms with van der Waals surface area (Å²) in [5.41, 5.74) is 6.57. The average molecular weight is 327 g/mol. The highest BCUT2D eigenvalue weighted by Crippen LogP contribution is 2.31. The topological polar surface area (TPSA) is 43.1 Å². The third kappa shape index (κ3) is 2.24. The normalized spacial score (nSPS) is 10.1. The molecule has 0 aliphatic carbocycles. The van der Waals surface area contributed by atoms with Crippen LogP contribution in [0.4, 0.5) is 5.69 Å². The summed E-state index contributed by atoms with van der Waals surface area (Å²) in [6, 6.07) is 3.26. The molecule has 0 amide bonds. The zero-order valence-electron chi connectivity index (χ0n) is 6.48. The molecular formula is C8H6Br2ClNO. The van der Waals surface area contributed by atoms with E-state index in [9.17, 15) is 4.79 Å². The van der Waals surface area contributed by atoms with E-state index >= 15 is 0 Å². The second-order valence-corrected chi connectivity index (χ2v) is 4.12. The molecule has 2 N–H and O–H groups in total. The number of hydrogen-bond acceptors (Lipinski definition) is 2. The molecule has 70 valence electrons. The van der Waals surface area contributed by atoms with Gasteiger partial charge in [-0.2, -0.15) is 0 Å². The third-order valence-corrected chi connectivity index (χ3v) is 3.52. The highest BCUT2D eigenvalue weighted by Gasteiger charge is 2.12. The van der Waals surface area contributed by atoms with Gasteiger partial charge in [0.2, 0.25) is 0 Å². The Balaban J connectivity index is 3.26. The van der Waals surface area contributed by atoms with Gasteiger partial charge < -0.3 is 5.73 Å². The number of anilines is 1. The second kappa shape index (κ2) is 4.44. The van der Waals surface area contributed by atoms with Crippen molar-refractivity contribution in [2.24, 2.45) is 0 Å². The van der Waals surface area contributed by atoms with Crippen LogP contribution in [0.2, 0.25) is 5.02 Å². The fraction of sp³-hybridized carbons (Fsp3) is 0.125. The van der Waals surface area contributed by atoms with Crippen molar-refractivity contribution in [3.8, 4) is 0 Å². The van der Waals surface area contributed by atoms with E-state index < -0.39 is 0 Å². The molecule has 13 heavy (non-hydrogen) atoms. The van der Waals surface area contributed by atoms with Gasteiger partial charge in [-0.05, 0) is 28.1 Å². The molecule has 0 unspecified atom stereocenters. The molecular weight excluding hydrogens is 321 g/mol. The van der Waals surface area contributed by atoms with Crippen LogP contribution in [-0.4, -0.2) is 11.1 Å². The van der Waals surface area contributed by atoms with Gasteiger partial charge in [-0.3, -0.25) is 4.79 Å². The van der Waals surface area contributed by atoms with E-state index in [0.29, 0.717) is 20.7 Å². The Morgan fingerprint density at radius 1 is 1.54 bits per heavy atom. The Morgan fingerprint density at radius 3 is 2.69 bits per heavy atom. The fourth-order valence-electron chi connectivity index (χ4n) is 0.852. The molecule has 5 heteroatoms. The molecule has 0 aromatic heterocycles. The van der Waals surface area contributed by atoms with Crippen LogP contribution in [0.3, 0.4) is 0 Å². The first kappa shape index (κ1) is 11.0. The van der Waals surface area contributed by atoms with E-state index in [2.05, 4.69) is 31.9 Å². The van der Waals surface area contributed by atoms with Crippen LogP contribution < -0.4 is 5.73 Å². The van der Waals surface area contributed by atoms with Crippen molar-refractivity contribution in [2.45, 2.75) is 0 Å². The number of rotatable bonds is 2. The van der Waals surface area contributed by atoms with Gasteiger partial charge in [-0.25, -0.2) is 0 Å². The summed E-state index contributed by atoms with van der Waals surface area (Å²) < 4.78 is 0.570. The number of carbonyl (C=O) groups excluding carboxylic acids is 1. The van der Waals surface area contributed by atoms with Crippen molar-refractivity contribution in [1.29, 1.82) is 0 Å². The van der Waals surface area contributed by atoms with Crippen LogP contribution in [0.1, 0.15) is 10.4 Å². The maximum absolute atomic E-state index is 11.3. The fourth-order valence-corrected chi connectivity index (χ4v) is 1.78. The highest BCUT2D eigenvalue weighted by atomic mass is 79.9. The van der Waals surface area contributed by atoms with Gasteiger partial charge in [0.1, 0.15) is 0 Å². The lowest BCUT2D eigenvalue weighted by molar-refractivity contribution is 0.102. The third-order valence-electron chi connectivity index (χ3n) is 1.53. The first-order chi connectivity index (χ1) is 6.07. The van der Waals surface area contributed by atoms with Gasteiger partial charge in [-0.15, -0.1) is 0 Å². The summed E-state index contributed by atoms with van der Waals surface area (Å²) in [6.07, 6.45) is 0. The van der Waals surface area contributed by atoms with Crippen LogP contribution in [0.15, 0.2) is 16.6 Å². The van der Waals surface area contributed by atoms with Crippen molar-refractivity contribution in [2.75, 3.05) is 11.1 Å². The maximum Gasteiger partial charge on any atom is 0.174 e. The number of hydrogen-bond donors (Lipinski definition) is 1. The molecule has 0 fully saturated rings. The average Bonchev–Trinajstić information content (AvgIpc) is 2.13. The van der Waals surface area contributed by atoms with Crippen molar-refractivity contribution in [3.63, 3.8) is 0 Å². The number of alkyl halides is 1. The Bertz CT molecular complexity index is 354. The predicted octanol–water partition coefficient (Wildman–Crippen LogP) is 3.26. The Labute approximate surface area is 97.7 Å². The minimum atomic E-state index is -0.0642. The number of halogens is 3. The predicted molar refractivity (Wildman–Crippen MR) is 61.7 cm³/mol. The van der Waals surface area contributed by atoms with Crippen molar-refractivity contribution in [1.82, 2.24) is 0 Å². The number of nitrogen functional groups attached to an aromatic ring is 1. The van der Waals surface area contributed by atoms with Gasteiger partial charge in [0.25, 0.3) is 0 Å². The van der Waals surface area contributed by atoms with E-state index in [1.165, 1.54) is 0 Å². The molecule has 0 saturated heterocycles. The van der Waals surface area contributed by atoms with E-state index in [-0.39, 0.29) is 11.1 Å². The molecule has 2 nitrogen and oxygen atoms in total. The zero-order chi connectivity index (χ0) is 10.0. The first-order valence-electron chi connectivity index (χ1n) is 3.40. The summed E-state index contributed by atoms with van der Waals surface area (Å²) in [7, 11) is 0. The quantitative estimate of drug-likeness (QED) is 0.515. The smallest absolute Gasteiger partial charge is 0.174 e. The minimum Gasteiger partial charge on any atom is -0.398 e. The van der Waals surface area contributed by atoms with Crippen molar-refractivity contribution in [3.05, 3.63) is 27.2 Å². The molecule has 1 rings (SSSR count). The Hall–Kier alpha value is -0.0600. The largest absolute Gasteiger partial charge is 0.398 e. The summed E-state index contributed by atoms with van der Waals surface area (Å²) in [5.74, 6) is -0.0642. The van der Waals surface area contributed by atoms with Crippen LogP contribution in [0.5, 0.6) is 0 Å². The number of carbonyl (C=O) groups is 1. The lowest BCUT2D eigenvalue weighted by Crippen LogP contribution is -2.02. The highest BCUT2D eigenvalue weighted by molar-refractivity contribution is 9.10. The van der Waals surface area contributed by atoms with Crippen LogP contribution in [0.25, 0.3) is 0 Å². The summed E-state index contributed by atoms with van der Waals surface area (Å²) in [6.45, 7) is 0. The molecule has 1 aromatic carbocycles. The van der Waals surface area contributed by atoms with E-state index in [1.807, 2.05) is 0 Å². The van der Waals surface area contributed by atoms with Crippen molar-refractivity contribution >= 4 is 54.9 Å². The molecule has 0 heterocycles. The maximum atomic E-state index is 11.3. The van der Waals surface area contributed by atoms with Gasteiger partial charge >= 0.3 is 0 Å². The van der Waals surface area contributed by atoms with Gasteiger partial charge in [0.15, 0.2) is 5.78 Å². The molecule has 0 atom stereocenters. The van der Waals surface area contributed by atoms with Crippen LogP contribution in [-0.2, 0) is 0 Å². The van der Waals surface area contributed by atoms with Crippen LogP contribution >= 0.6 is 43.5 Å². The Morgan fingerprint density at radius 2 is 2.15 bits per heavy atom.